The maximum Gasteiger partial charge on any atom is 0.418 e. The van der Waals surface area contributed by atoms with Gasteiger partial charge in [0, 0.05) is 0 Å². The van der Waals surface area contributed by atoms with Gasteiger partial charge in [-0.3, -0.25) is 0 Å². The van der Waals surface area contributed by atoms with E-state index in [-0.39, 0.29) is 11.5 Å². The molecule has 0 bridgehead atoms. The van der Waals surface area contributed by atoms with Crippen LogP contribution in [0.4, 0.5) is 19.0 Å². The third-order valence-corrected chi connectivity index (χ3v) is 3.44. The molecule has 3 nitrogen and oxygen atoms in total. The van der Waals surface area contributed by atoms with E-state index in [1.54, 1.807) is 6.92 Å². The molecule has 2 N–H and O–H groups in total. The van der Waals surface area contributed by atoms with Gasteiger partial charge in [0.05, 0.1) is 21.4 Å². The summed E-state index contributed by atoms with van der Waals surface area (Å²) in [5, 5.41) is 4.00. The summed E-state index contributed by atoms with van der Waals surface area (Å²) < 4.78 is 40.2. The van der Waals surface area contributed by atoms with Gasteiger partial charge < -0.3 is 5.73 Å². The Morgan fingerprint density at radius 2 is 1.89 bits per heavy atom. The first-order valence-corrected chi connectivity index (χ1v) is 5.79. The Hall–Kier alpha value is -1.50. The second-order valence-corrected chi connectivity index (χ2v) is 4.50. The van der Waals surface area contributed by atoms with Crippen molar-refractivity contribution in [2.75, 3.05) is 5.73 Å². The van der Waals surface area contributed by atoms with E-state index in [9.17, 15) is 13.2 Å². The number of aryl methyl sites for hydroxylation is 1. The van der Waals surface area contributed by atoms with Gasteiger partial charge in [-0.25, -0.2) is 4.68 Å². The van der Waals surface area contributed by atoms with E-state index in [4.69, 9.17) is 5.73 Å². The first-order chi connectivity index (χ1) is 8.32. The summed E-state index contributed by atoms with van der Waals surface area (Å²) in [6.07, 6.45) is -4.45. The average molecular weight is 320 g/mol. The molecule has 7 heteroatoms. The van der Waals surface area contributed by atoms with Gasteiger partial charge in [-0.1, -0.05) is 12.1 Å². The van der Waals surface area contributed by atoms with E-state index >= 15 is 0 Å². The molecule has 0 amide bonds. The molecule has 2 rings (SSSR count). The molecule has 0 unspecified atom stereocenters. The maximum atomic E-state index is 12.9. The number of anilines is 1. The van der Waals surface area contributed by atoms with Crippen molar-refractivity contribution in [2.24, 2.45) is 0 Å². The summed E-state index contributed by atoms with van der Waals surface area (Å²) in [4.78, 5) is 0. The highest BCUT2D eigenvalue weighted by Gasteiger charge is 2.34. The van der Waals surface area contributed by atoms with Crippen LogP contribution in [0.5, 0.6) is 0 Å². The predicted molar refractivity (Wildman–Crippen MR) is 65.4 cm³/mol. The van der Waals surface area contributed by atoms with E-state index < -0.39 is 11.7 Å². The number of rotatable bonds is 1. The number of hydrogen-bond acceptors (Lipinski definition) is 2. The van der Waals surface area contributed by atoms with Gasteiger partial charge in [0.15, 0.2) is 0 Å². The molecular formula is C11H9BrF3N3. The molecule has 1 heterocycles. The van der Waals surface area contributed by atoms with E-state index in [0.717, 1.165) is 10.7 Å². The van der Waals surface area contributed by atoms with Gasteiger partial charge in [0.2, 0.25) is 0 Å². The van der Waals surface area contributed by atoms with Crippen molar-refractivity contribution in [2.45, 2.75) is 13.1 Å². The fourth-order valence-electron chi connectivity index (χ4n) is 1.61. The topological polar surface area (TPSA) is 43.8 Å². The monoisotopic (exact) mass is 319 g/mol. The highest BCUT2D eigenvalue weighted by molar-refractivity contribution is 9.10. The Labute approximate surface area is 110 Å². The lowest BCUT2D eigenvalue weighted by molar-refractivity contribution is -0.137. The van der Waals surface area contributed by atoms with E-state index in [2.05, 4.69) is 21.0 Å². The summed E-state index contributed by atoms with van der Waals surface area (Å²) in [6, 6.07) is 5.17. The number of aromatic nitrogens is 2. The highest BCUT2D eigenvalue weighted by atomic mass is 79.9. The summed E-state index contributed by atoms with van der Waals surface area (Å²) in [6.45, 7) is 1.66. The number of para-hydroxylation sites is 1. The molecule has 0 saturated carbocycles. The van der Waals surface area contributed by atoms with Crippen LogP contribution in [0.2, 0.25) is 0 Å². The van der Waals surface area contributed by atoms with Crippen LogP contribution >= 0.6 is 15.9 Å². The smallest absolute Gasteiger partial charge is 0.383 e. The van der Waals surface area contributed by atoms with Crippen LogP contribution in [-0.4, -0.2) is 9.78 Å². The van der Waals surface area contributed by atoms with E-state index in [0.29, 0.717) is 10.2 Å². The van der Waals surface area contributed by atoms with Crippen molar-refractivity contribution >= 4 is 21.7 Å². The zero-order chi connectivity index (χ0) is 13.5. The second-order valence-electron chi connectivity index (χ2n) is 3.71. The lowest BCUT2D eigenvalue weighted by Crippen LogP contribution is -2.12. The van der Waals surface area contributed by atoms with E-state index in [1.165, 1.54) is 18.2 Å². The summed E-state index contributed by atoms with van der Waals surface area (Å²) in [5.74, 6) is 0.143. The van der Waals surface area contributed by atoms with E-state index in [1.807, 2.05) is 0 Å². The van der Waals surface area contributed by atoms with Gasteiger partial charge in [0.1, 0.15) is 5.82 Å². The van der Waals surface area contributed by atoms with Crippen LogP contribution in [0.1, 0.15) is 11.3 Å². The minimum absolute atomic E-state index is 0.0868. The van der Waals surface area contributed by atoms with Gasteiger partial charge in [-0.2, -0.15) is 18.3 Å². The van der Waals surface area contributed by atoms with Crippen LogP contribution in [0.15, 0.2) is 28.7 Å². The normalized spacial score (nSPS) is 11.8. The molecule has 0 aliphatic heterocycles. The van der Waals surface area contributed by atoms with Crippen LogP contribution in [-0.2, 0) is 6.18 Å². The molecule has 96 valence electrons. The van der Waals surface area contributed by atoms with Crippen molar-refractivity contribution in [1.29, 1.82) is 0 Å². The minimum Gasteiger partial charge on any atom is -0.383 e. The Bertz CT molecular complexity index is 590. The molecule has 0 fully saturated rings. The minimum atomic E-state index is -4.45. The van der Waals surface area contributed by atoms with Gasteiger partial charge in [-0.15, -0.1) is 0 Å². The van der Waals surface area contributed by atoms with Crippen LogP contribution in [0.3, 0.4) is 0 Å². The lowest BCUT2D eigenvalue weighted by Gasteiger charge is -2.13. The Kier molecular flexibility index (Phi) is 3.10. The maximum absolute atomic E-state index is 12.9. The number of nitrogen functional groups attached to an aromatic ring is 1. The van der Waals surface area contributed by atoms with Gasteiger partial charge in [-0.05, 0) is 35.0 Å². The Morgan fingerprint density at radius 3 is 2.39 bits per heavy atom. The predicted octanol–water partition coefficient (Wildman–Crippen LogP) is 3.54. The zero-order valence-corrected chi connectivity index (χ0v) is 10.9. The Morgan fingerprint density at radius 1 is 1.28 bits per heavy atom. The Balaban J connectivity index is 2.68. The van der Waals surface area contributed by atoms with Crippen LogP contribution in [0, 0.1) is 6.92 Å². The highest BCUT2D eigenvalue weighted by Crippen LogP contribution is 2.35. The third-order valence-electron chi connectivity index (χ3n) is 2.46. The first-order valence-electron chi connectivity index (χ1n) is 4.99. The quantitative estimate of drug-likeness (QED) is 0.873. The molecule has 0 atom stereocenters. The fourth-order valence-corrected chi connectivity index (χ4v) is 1.86. The lowest BCUT2D eigenvalue weighted by atomic mass is 10.1. The summed E-state index contributed by atoms with van der Waals surface area (Å²) in [7, 11) is 0. The number of hydrogen-bond donors (Lipinski definition) is 1. The zero-order valence-electron chi connectivity index (χ0n) is 9.29. The first kappa shape index (κ1) is 12.9. The molecule has 0 aliphatic carbocycles. The van der Waals surface area contributed by atoms with Crippen molar-refractivity contribution in [1.82, 2.24) is 9.78 Å². The van der Waals surface area contributed by atoms with Gasteiger partial charge >= 0.3 is 6.18 Å². The SMILES string of the molecule is Cc1nn(-c2ccccc2C(F)(F)F)c(N)c1Br. The summed E-state index contributed by atoms with van der Waals surface area (Å²) >= 11 is 3.18. The summed E-state index contributed by atoms with van der Waals surface area (Å²) in [5.41, 5.74) is 5.41. The molecule has 1 aromatic carbocycles. The molecule has 1 aromatic heterocycles. The van der Waals surface area contributed by atoms with Crippen LogP contribution in [0.25, 0.3) is 5.69 Å². The number of benzene rings is 1. The van der Waals surface area contributed by atoms with Crippen molar-refractivity contribution in [3.63, 3.8) is 0 Å². The van der Waals surface area contributed by atoms with Gasteiger partial charge in [0.25, 0.3) is 0 Å². The largest absolute Gasteiger partial charge is 0.418 e. The molecule has 0 aliphatic rings. The standard InChI is InChI=1S/C11H9BrF3N3/c1-6-9(12)10(16)18(17-6)8-5-3-2-4-7(8)11(13,14)15/h2-5H,16H2,1H3. The van der Waals surface area contributed by atoms with Crippen molar-refractivity contribution in [3.8, 4) is 5.69 Å². The average Bonchev–Trinajstić information content (AvgIpc) is 2.56. The van der Waals surface area contributed by atoms with Crippen molar-refractivity contribution < 1.29 is 13.2 Å². The molecule has 2 aromatic rings. The molecule has 0 saturated heterocycles. The third kappa shape index (κ3) is 2.10. The number of nitrogens with two attached hydrogens (primary N) is 1. The molecule has 0 radical (unpaired) electrons. The second kappa shape index (κ2) is 4.31. The number of alkyl halides is 3. The number of nitrogens with zero attached hydrogens (tertiary/aromatic N) is 2. The molecule has 0 spiro atoms. The fraction of sp³-hybridized carbons (Fsp3) is 0.182. The molecular weight excluding hydrogens is 311 g/mol. The molecule has 18 heavy (non-hydrogen) atoms. The van der Waals surface area contributed by atoms with Crippen molar-refractivity contribution in [3.05, 3.63) is 40.0 Å². The number of halogens is 4. The van der Waals surface area contributed by atoms with Crippen LogP contribution < -0.4 is 5.73 Å².